The number of likely N-dealkylation sites (tertiary alicyclic amines) is 1. The van der Waals surface area contributed by atoms with E-state index < -0.39 is 18.1 Å². The highest BCUT2D eigenvalue weighted by atomic mass is 19.4. The molecular weight excluding hydrogens is 423 g/mol. The van der Waals surface area contributed by atoms with Gasteiger partial charge in [-0.1, -0.05) is 0 Å². The van der Waals surface area contributed by atoms with Crippen molar-refractivity contribution in [2.75, 3.05) is 44.8 Å². The molecule has 1 amide bonds. The first-order valence-corrected chi connectivity index (χ1v) is 11.1. The van der Waals surface area contributed by atoms with Gasteiger partial charge in [-0.25, -0.2) is 0 Å². The second kappa shape index (κ2) is 7.95. The number of halogens is 3. The van der Waals surface area contributed by atoms with E-state index in [2.05, 4.69) is 10.3 Å². The monoisotopic (exact) mass is 451 g/mol. The summed E-state index contributed by atoms with van der Waals surface area (Å²) in [5.74, 6) is 1.68. The van der Waals surface area contributed by atoms with E-state index in [-0.39, 0.29) is 5.91 Å². The minimum Gasteiger partial charge on any atom is -0.493 e. The van der Waals surface area contributed by atoms with Gasteiger partial charge in [0.1, 0.15) is 5.75 Å². The van der Waals surface area contributed by atoms with Crippen molar-refractivity contribution in [3.63, 3.8) is 0 Å². The van der Waals surface area contributed by atoms with Crippen molar-refractivity contribution < 1.29 is 27.4 Å². The van der Waals surface area contributed by atoms with Gasteiger partial charge in [-0.05, 0) is 55.7 Å². The largest absolute Gasteiger partial charge is 0.493 e. The van der Waals surface area contributed by atoms with E-state index in [1.165, 1.54) is 4.90 Å². The average Bonchev–Trinajstić information content (AvgIpc) is 3.36. The van der Waals surface area contributed by atoms with Gasteiger partial charge < -0.3 is 19.8 Å². The highest BCUT2D eigenvalue weighted by Crippen LogP contribution is 2.42. The summed E-state index contributed by atoms with van der Waals surface area (Å²) < 4.78 is 49.2. The molecule has 174 valence electrons. The Kier molecular flexibility index (Phi) is 5.36. The lowest BCUT2D eigenvalue weighted by atomic mass is 9.87. The van der Waals surface area contributed by atoms with Crippen molar-refractivity contribution in [1.29, 1.82) is 0 Å². The zero-order valence-corrected chi connectivity index (χ0v) is 18.0. The molecule has 1 aliphatic carbocycles. The van der Waals surface area contributed by atoms with E-state index in [9.17, 15) is 18.0 Å². The van der Waals surface area contributed by atoms with Crippen LogP contribution in [0.2, 0.25) is 0 Å². The van der Waals surface area contributed by atoms with Crippen molar-refractivity contribution in [2.24, 2.45) is 23.2 Å². The van der Waals surface area contributed by atoms with Crippen LogP contribution in [0, 0.1) is 23.2 Å². The van der Waals surface area contributed by atoms with Gasteiger partial charge >= 0.3 is 6.18 Å². The number of H-pyrrole nitrogens is 1. The molecule has 3 aliphatic rings. The van der Waals surface area contributed by atoms with Crippen molar-refractivity contribution in [3.8, 4) is 5.75 Å². The number of benzene rings is 1. The summed E-state index contributed by atoms with van der Waals surface area (Å²) in [5.41, 5.74) is 1.13. The van der Waals surface area contributed by atoms with E-state index in [1.54, 1.807) is 6.20 Å². The second-order valence-corrected chi connectivity index (χ2v) is 9.90. The Bertz CT molecular complexity index is 987. The van der Waals surface area contributed by atoms with Crippen LogP contribution < -0.4 is 10.1 Å². The van der Waals surface area contributed by atoms with Crippen LogP contribution >= 0.6 is 0 Å². The number of aromatic amines is 1. The summed E-state index contributed by atoms with van der Waals surface area (Å²) in [4.78, 5) is 17.2. The summed E-state index contributed by atoms with van der Waals surface area (Å²) in [6, 6.07) is 5.74. The quantitative estimate of drug-likeness (QED) is 0.696. The van der Waals surface area contributed by atoms with Gasteiger partial charge in [-0.2, -0.15) is 13.2 Å². The molecule has 0 radical (unpaired) electrons. The van der Waals surface area contributed by atoms with Gasteiger partial charge in [0.15, 0.2) is 0 Å². The van der Waals surface area contributed by atoms with Crippen LogP contribution in [0.4, 0.5) is 18.9 Å². The molecule has 0 unspecified atom stereocenters. The Balaban J connectivity index is 1.17. The van der Waals surface area contributed by atoms with Crippen LogP contribution in [-0.4, -0.2) is 61.4 Å². The van der Waals surface area contributed by atoms with E-state index in [0.29, 0.717) is 56.4 Å². The number of alkyl halides is 3. The third-order valence-electron chi connectivity index (χ3n) is 7.10. The van der Waals surface area contributed by atoms with E-state index in [4.69, 9.17) is 9.47 Å². The molecule has 9 heteroatoms. The van der Waals surface area contributed by atoms with Crippen LogP contribution in [0.5, 0.6) is 5.75 Å². The summed E-state index contributed by atoms with van der Waals surface area (Å²) in [6.07, 6.45) is -0.527. The van der Waals surface area contributed by atoms with Crippen molar-refractivity contribution >= 4 is 22.5 Å². The van der Waals surface area contributed by atoms with Gasteiger partial charge in [-0.3, -0.25) is 9.69 Å². The summed E-state index contributed by atoms with van der Waals surface area (Å²) in [6.45, 7) is 3.54. The molecule has 5 rings (SSSR count). The fraction of sp³-hybridized carbons (Fsp3) is 0.609. The predicted octanol–water partition coefficient (Wildman–Crippen LogP) is 4.04. The number of aromatic nitrogens is 1. The minimum absolute atomic E-state index is 0.0620. The first-order valence-electron chi connectivity index (χ1n) is 11.1. The topological polar surface area (TPSA) is 66.6 Å². The molecule has 2 aromatic rings. The molecule has 1 saturated carbocycles. The molecule has 0 bridgehead atoms. The minimum atomic E-state index is -4.13. The molecule has 6 nitrogen and oxygen atoms in total. The van der Waals surface area contributed by atoms with Crippen LogP contribution in [0.25, 0.3) is 10.9 Å². The fourth-order valence-electron chi connectivity index (χ4n) is 5.36. The Morgan fingerprint density at radius 3 is 2.62 bits per heavy atom. The van der Waals surface area contributed by atoms with Gasteiger partial charge in [0.25, 0.3) is 0 Å². The van der Waals surface area contributed by atoms with Crippen molar-refractivity contribution in [1.82, 2.24) is 9.88 Å². The number of amides is 1. The molecule has 2 saturated heterocycles. The smallest absolute Gasteiger partial charge is 0.401 e. The number of ether oxygens (including phenoxy) is 2. The number of anilines is 1. The maximum absolute atomic E-state index is 12.6. The Morgan fingerprint density at radius 1 is 1.28 bits per heavy atom. The molecule has 1 aromatic carbocycles. The lowest BCUT2D eigenvalue weighted by Gasteiger charge is -2.36. The van der Waals surface area contributed by atoms with Gasteiger partial charge in [0, 0.05) is 30.2 Å². The van der Waals surface area contributed by atoms with Crippen LogP contribution in [0.1, 0.15) is 19.8 Å². The molecule has 3 atom stereocenters. The second-order valence-electron chi connectivity index (χ2n) is 9.90. The number of nitrogens with one attached hydrogen (secondary N) is 2. The SMILES string of the molecule is CC1(C(=O)Nc2c[nH]c3ccc(OC[C@H]4C[C@@H]5CN(CC(F)(F)F)C[C@@H]5C4)cc23)COC1. The highest BCUT2D eigenvalue weighted by molar-refractivity contribution is 6.04. The number of rotatable bonds is 6. The van der Waals surface area contributed by atoms with E-state index in [0.717, 1.165) is 29.5 Å². The molecule has 2 aliphatic heterocycles. The molecule has 3 heterocycles. The van der Waals surface area contributed by atoms with Gasteiger partial charge in [0.2, 0.25) is 5.91 Å². The summed E-state index contributed by atoms with van der Waals surface area (Å²) in [5, 5.41) is 3.87. The molecular formula is C23H28F3N3O3. The van der Waals surface area contributed by atoms with Crippen molar-refractivity contribution in [2.45, 2.75) is 25.9 Å². The number of hydrogen-bond acceptors (Lipinski definition) is 4. The lowest BCUT2D eigenvalue weighted by Crippen LogP contribution is -2.49. The van der Waals surface area contributed by atoms with Crippen LogP contribution in [0.15, 0.2) is 24.4 Å². The molecule has 0 spiro atoms. The fourth-order valence-corrected chi connectivity index (χ4v) is 5.36. The predicted molar refractivity (Wildman–Crippen MR) is 114 cm³/mol. The van der Waals surface area contributed by atoms with E-state index >= 15 is 0 Å². The highest BCUT2D eigenvalue weighted by Gasteiger charge is 2.44. The number of fused-ring (bicyclic) bond motifs is 2. The molecule has 2 N–H and O–H groups in total. The van der Waals surface area contributed by atoms with Crippen LogP contribution in [0.3, 0.4) is 0 Å². The standard InChI is InChI=1S/C23H28F3N3O3/c1-22(12-31-13-22)21(30)28-20-7-27-19-3-2-17(6-18(19)20)32-10-14-4-15-8-29(9-16(15)5-14)11-23(24,25)26/h2-3,6-7,14-16,27H,4-5,8-13H2,1H3,(H,28,30)/t14-,15+,16-. The number of carbonyl (C=O) groups is 1. The summed E-state index contributed by atoms with van der Waals surface area (Å²) in [7, 11) is 0. The maximum atomic E-state index is 12.6. The average molecular weight is 451 g/mol. The number of nitrogens with zero attached hydrogens (tertiary/aromatic N) is 1. The Labute approximate surface area is 184 Å². The molecule has 32 heavy (non-hydrogen) atoms. The third-order valence-corrected chi connectivity index (χ3v) is 7.10. The third kappa shape index (κ3) is 4.32. The van der Waals surface area contributed by atoms with E-state index in [1.807, 2.05) is 25.1 Å². The Hall–Kier alpha value is -2.26. The first kappa shape index (κ1) is 21.6. The van der Waals surface area contributed by atoms with Gasteiger partial charge in [-0.15, -0.1) is 0 Å². The number of carbonyl (C=O) groups excluding carboxylic acids is 1. The zero-order valence-electron chi connectivity index (χ0n) is 18.0. The van der Waals surface area contributed by atoms with Gasteiger partial charge in [0.05, 0.1) is 37.5 Å². The van der Waals surface area contributed by atoms with Crippen LogP contribution in [-0.2, 0) is 9.53 Å². The zero-order chi connectivity index (χ0) is 22.5. The maximum Gasteiger partial charge on any atom is 0.401 e. The molecule has 1 aromatic heterocycles. The van der Waals surface area contributed by atoms with Crippen molar-refractivity contribution in [3.05, 3.63) is 24.4 Å². The molecule has 3 fully saturated rings. The summed E-state index contributed by atoms with van der Waals surface area (Å²) >= 11 is 0. The number of hydrogen-bond donors (Lipinski definition) is 2. The Morgan fingerprint density at radius 2 is 2.00 bits per heavy atom. The first-order chi connectivity index (χ1) is 15.2. The normalized spacial score (nSPS) is 27.3. The lowest BCUT2D eigenvalue weighted by molar-refractivity contribution is -0.152.